The zero-order valence-electron chi connectivity index (χ0n) is 23.9. The van der Waals surface area contributed by atoms with Gasteiger partial charge in [-0.25, -0.2) is 9.67 Å². The first-order valence-corrected chi connectivity index (χ1v) is 14.6. The Hall–Kier alpha value is -4.51. The maximum Gasteiger partial charge on any atom is 0.573 e. The number of para-hydroxylation sites is 1. The van der Waals surface area contributed by atoms with Crippen LogP contribution < -0.4 is 9.54 Å². The number of alkyl halides is 3. The first-order valence-electron chi connectivity index (χ1n) is 13.7. The second-order valence-electron chi connectivity index (χ2n) is 10.4. The summed E-state index contributed by atoms with van der Waals surface area (Å²) in [4.78, 5) is 22.2. The Morgan fingerprint density at radius 2 is 1.74 bits per heavy atom. The number of hydrogen-bond donors (Lipinski definition) is 0. The van der Waals surface area contributed by atoms with Crippen molar-refractivity contribution < 1.29 is 22.7 Å². The number of benzene rings is 3. The summed E-state index contributed by atoms with van der Waals surface area (Å²) in [7, 11) is 0. The molecule has 1 atom stereocenters. The third-order valence-electron chi connectivity index (χ3n) is 6.93. The van der Waals surface area contributed by atoms with Crippen LogP contribution in [0.3, 0.4) is 0 Å². The average Bonchev–Trinajstić information content (AvgIpc) is 3.59. The molecule has 7 nitrogen and oxygen atoms in total. The lowest BCUT2D eigenvalue weighted by Gasteiger charge is -2.11. The van der Waals surface area contributed by atoms with E-state index in [0.717, 1.165) is 40.9 Å². The van der Waals surface area contributed by atoms with Gasteiger partial charge >= 0.3 is 6.36 Å². The summed E-state index contributed by atoms with van der Waals surface area (Å²) < 4.78 is 44.6. The third kappa shape index (κ3) is 7.66. The van der Waals surface area contributed by atoms with Crippen molar-refractivity contribution in [2.24, 2.45) is 10.9 Å². The fourth-order valence-electron chi connectivity index (χ4n) is 4.73. The Morgan fingerprint density at radius 1 is 1.02 bits per heavy atom. The van der Waals surface area contributed by atoms with Crippen LogP contribution in [0.4, 0.5) is 13.2 Å². The maximum atomic E-state index is 12.8. The highest BCUT2D eigenvalue weighted by molar-refractivity contribution is 7.07. The van der Waals surface area contributed by atoms with Gasteiger partial charge in [0.25, 0.3) is 0 Å². The zero-order chi connectivity index (χ0) is 30.6. The molecule has 0 aliphatic carbocycles. The Bertz CT molecular complexity index is 1770. The molecule has 3 aromatic carbocycles. The number of aromatic nitrogens is 4. The van der Waals surface area contributed by atoms with Crippen LogP contribution in [0.5, 0.6) is 5.75 Å². The van der Waals surface area contributed by atoms with Crippen molar-refractivity contribution in [1.29, 1.82) is 0 Å². The van der Waals surface area contributed by atoms with Crippen LogP contribution in [0.15, 0.2) is 89.5 Å². The van der Waals surface area contributed by atoms with E-state index in [1.54, 1.807) is 0 Å². The molecule has 1 amide bonds. The molecule has 0 saturated carbocycles. The summed E-state index contributed by atoms with van der Waals surface area (Å²) >= 11 is 1.47. The largest absolute Gasteiger partial charge is 0.573 e. The van der Waals surface area contributed by atoms with E-state index in [9.17, 15) is 18.0 Å². The number of carbonyl (C=O) groups is 1. The summed E-state index contributed by atoms with van der Waals surface area (Å²) in [5.41, 5.74) is 5.69. The van der Waals surface area contributed by atoms with E-state index in [0.29, 0.717) is 22.7 Å². The van der Waals surface area contributed by atoms with Crippen molar-refractivity contribution >= 4 is 17.2 Å². The molecule has 43 heavy (non-hydrogen) atoms. The van der Waals surface area contributed by atoms with Gasteiger partial charge in [-0.3, -0.25) is 9.36 Å². The minimum Gasteiger partial charge on any atom is -0.406 e. The van der Waals surface area contributed by atoms with Gasteiger partial charge in [-0.05, 0) is 74.1 Å². The van der Waals surface area contributed by atoms with E-state index in [4.69, 9.17) is 0 Å². The number of aryl methyl sites for hydroxylation is 2. The molecule has 222 valence electrons. The molecular weight excluding hydrogens is 575 g/mol. The molecule has 11 heteroatoms. The molecule has 0 fully saturated rings. The topological polar surface area (TPSA) is 74.3 Å². The number of thiazole rings is 1. The second kappa shape index (κ2) is 12.8. The normalized spacial score (nSPS) is 12.8. The van der Waals surface area contributed by atoms with Gasteiger partial charge in [0.05, 0.1) is 11.4 Å². The molecule has 5 aromatic rings. The molecule has 2 aromatic heterocycles. The molecule has 0 spiro atoms. The van der Waals surface area contributed by atoms with Crippen LogP contribution in [0.25, 0.3) is 22.8 Å². The minimum absolute atomic E-state index is 0.129. The number of ether oxygens (including phenoxy) is 1. The van der Waals surface area contributed by atoms with Crippen molar-refractivity contribution in [2.45, 2.75) is 46.4 Å². The Kier molecular flexibility index (Phi) is 8.91. The van der Waals surface area contributed by atoms with Crippen LogP contribution in [-0.2, 0) is 11.2 Å². The van der Waals surface area contributed by atoms with Gasteiger partial charge in [-0.1, -0.05) is 49.4 Å². The van der Waals surface area contributed by atoms with Crippen LogP contribution in [0.1, 0.15) is 36.6 Å². The molecule has 0 aliphatic rings. The highest BCUT2D eigenvalue weighted by atomic mass is 32.1. The van der Waals surface area contributed by atoms with E-state index in [1.807, 2.05) is 72.3 Å². The summed E-state index contributed by atoms with van der Waals surface area (Å²) in [5.74, 6) is 0.342. The SMILES string of the molecule is Cc1ccccc1-n1c(C)csc1=NC(=O)CCC(C)Cc1ccc(-c2ncn(-c3ccc(OC(F)(F)F)cc3)n2)cc1. The zero-order valence-corrected chi connectivity index (χ0v) is 24.7. The number of halogens is 3. The van der Waals surface area contributed by atoms with Crippen LogP contribution in [-0.4, -0.2) is 31.6 Å². The minimum atomic E-state index is -4.74. The van der Waals surface area contributed by atoms with Gasteiger partial charge in [0.15, 0.2) is 10.6 Å². The van der Waals surface area contributed by atoms with E-state index < -0.39 is 6.36 Å². The lowest BCUT2D eigenvalue weighted by Crippen LogP contribution is -2.17. The molecule has 0 bridgehead atoms. The van der Waals surface area contributed by atoms with Crippen LogP contribution >= 0.6 is 11.3 Å². The highest BCUT2D eigenvalue weighted by Gasteiger charge is 2.31. The lowest BCUT2D eigenvalue weighted by molar-refractivity contribution is -0.274. The first-order chi connectivity index (χ1) is 20.6. The quantitative estimate of drug-likeness (QED) is 0.176. The Labute approximate surface area is 251 Å². The molecular formula is C32H30F3N5O2S. The van der Waals surface area contributed by atoms with Crippen LogP contribution in [0, 0.1) is 19.8 Å². The van der Waals surface area contributed by atoms with Gasteiger partial charge in [0, 0.05) is 23.1 Å². The molecule has 0 radical (unpaired) electrons. The first kappa shape index (κ1) is 30.0. The highest BCUT2D eigenvalue weighted by Crippen LogP contribution is 2.24. The summed E-state index contributed by atoms with van der Waals surface area (Å²) in [6.45, 7) is 6.18. The number of hydrogen-bond acceptors (Lipinski definition) is 5. The number of nitrogens with zero attached hydrogens (tertiary/aromatic N) is 5. The standard InChI is InChI=1S/C32H30F3N5O2S/c1-21(8-17-29(41)37-31-40(23(3)19-43-31)28-7-5-4-6-22(28)2)18-24-9-11-25(12-10-24)30-36-20-39(38-30)26-13-15-27(16-14-26)42-32(33,34)35/h4-7,9-16,19-21H,8,17-18H2,1-3H3. The van der Waals surface area contributed by atoms with Gasteiger partial charge in [0.2, 0.25) is 5.91 Å². The van der Waals surface area contributed by atoms with E-state index in [1.165, 1.54) is 46.6 Å². The Morgan fingerprint density at radius 3 is 2.44 bits per heavy atom. The monoisotopic (exact) mass is 605 g/mol. The van der Waals surface area contributed by atoms with E-state index in [2.05, 4.69) is 26.7 Å². The predicted molar refractivity (Wildman–Crippen MR) is 159 cm³/mol. The van der Waals surface area contributed by atoms with Gasteiger partial charge in [0.1, 0.15) is 12.1 Å². The molecule has 0 N–H and O–H groups in total. The molecule has 0 saturated heterocycles. The van der Waals surface area contributed by atoms with Crippen molar-refractivity contribution in [3.63, 3.8) is 0 Å². The number of amides is 1. The van der Waals surface area contributed by atoms with Gasteiger partial charge < -0.3 is 4.74 Å². The summed E-state index contributed by atoms with van der Waals surface area (Å²) in [5, 5.41) is 6.47. The second-order valence-corrected chi connectivity index (χ2v) is 11.2. The van der Waals surface area contributed by atoms with Crippen molar-refractivity contribution in [1.82, 2.24) is 19.3 Å². The van der Waals surface area contributed by atoms with Crippen molar-refractivity contribution in [3.8, 4) is 28.5 Å². The van der Waals surface area contributed by atoms with Crippen molar-refractivity contribution in [2.75, 3.05) is 0 Å². The Balaban J connectivity index is 1.17. The van der Waals surface area contributed by atoms with Crippen molar-refractivity contribution in [3.05, 3.63) is 106 Å². The number of carbonyl (C=O) groups excluding carboxylic acids is 1. The van der Waals surface area contributed by atoms with E-state index in [-0.39, 0.29) is 17.6 Å². The summed E-state index contributed by atoms with van der Waals surface area (Å²) in [6.07, 6.45) is -1.34. The third-order valence-corrected chi connectivity index (χ3v) is 7.87. The maximum absolute atomic E-state index is 12.8. The lowest BCUT2D eigenvalue weighted by atomic mass is 9.96. The number of rotatable bonds is 9. The van der Waals surface area contributed by atoms with Gasteiger partial charge in [-0.2, -0.15) is 4.99 Å². The molecule has 0 aliphatic heterocycles. The molecule has 2 heterocycles. The predicted octanol–water partition coefficient (Wildman–Crippen LogP) is 7.39. The molecule has 1 unspecified atom stereocenters. The molecule has 5 rings (SSSR count). The van der Waals surface area contributed by atoms with Gasteiger partial charge in [-0.15, -0.1) is 29.6 Å². The average molecular weight is 606 g/mol. The van der Waals surface area contributed by atoms with Crippen LogP contribution in [0.2, 0.25) is 0 Å². The fourth-order valence-corrected chi connectivity index (χ4v) is 5.61. The summed E-state index contributed by atoms with van der Waals surface area (Å²) in [6, 6.07) is 21.4. The smallest absolute Gasteiger partial charge is 0.406 e. The fraction of sp³-hybridized carbons (Fsp3) is 0.250. The van der Waals surface area contributed by atoms with E-state index >= 15 is 0 Å².